The molecule has 1 atom stereocenters. The van der Waals surface area contributed by atoms with Crippen molar-refractivity contribution in [1.82, 2.24) is 15.0 Å². The van der Waals surface area contributed by atoms with Gasteiger partial charge in [-0.15, -0.1) is 0 Å². The number of nitrogens with one attached hydrogen (secondary N) is 2. The minimum atomic E-state index is -0.507. The van der Waals surface area contributed by atoms with Crippen LogP contribution in [0.5, 0.6) is 23.1 Å². The van der Waals surface area contributed by atoms with Gasteiger partial charge in [0.2, 0.25) is 11.6 Å². The Bertz CT molecular complexity index is 986. The topological polar surface area (TPSA) is 121 Å². The van der Waals surface area contributed by atoms with Gasteiger partial charge in [0.05, 0.1) is 26.0 Å². The number of aromatic hydroxyl groups is 2. The highest BCUT2D eigenvalue weighted by Gasteiger charge is 2.27. The highest BCUT2D eigenvalue weighted by Crippen LogP contribution is 2.40. The Labute approximate surface area is 153 Å². The Morgan fingerprint density at radius 2 is 1.88 bits per heavy atom. The molecule has 138 valence electrons. The molecule has 4 N–H and O–H groups in total. The van der Waals surface area contributed by atoms with Gasteiger partial charge in [0, 0.05) is 13.5 Å². The first kappa shape index (κ1) is 17.8. The molecule has 0 radical (unpaired) electrons. The largest absolute Gasteiger partial charge is 0.502 e. The third kappa shape index (κ3) is 2.88. The van der Waals surface area contributed by atoms with Gasteiger partial charge >= 0.3 is 0 Å². The van der Waals surface area contributed by atoms with E-state index in [1.165, 1.54) is 18.8 Å². The fraction of sp³-hybridized carbons (Fsp3) is 0.312. The van der Waals surface area contributed by atoms with Crippen LogP contribution in [0.25, 0.3) is 0 Å². The second-order valence-electron chi connectivity index (χ2n) is 5.74. The summed E-state index contributed by atoms with van der Waals surface area (Å²) in [5, 5.41) is 24.5. The zero-order valence-corrected chi connectivity index (χ0v) is 15.2. The Balaban J connectivity index is 1.96. The van der Waals surface area contributed by atoms with E-state index in [9.17, 15) is 15.0 Å². The second-order valence-corrected chi connectivity index (χ2v) is 6.12. The maximum Gasteiger partial charge on any atom is 0.264 e. The van der Waals surface area contributed by atoms with Crippen molar-refractivity contribution in [3.63, 3.8) is 0 Å². The first-order valence-electron chi connectivity index (χ1n) is 7.67. The molecule has 2 aromatic rings. The van der Waals surface area contributed by atoms with E-state index in [4.69, 9.17) is 21.7 Å². The van der Waals surface area contributed by atoms with Gasteiger partial charge in [0.25, 0.3) is 5.56 Å². The predicted octanol–water partition coefficient (Wildman–Crippen LogP) is 1.31. The number of aromatic amines is 1. The fourth-order valence-corrected chi connectivity index (χ4v) is 2.95. The number of hydrogen-bond acceptors (Lipinski definition) is 8. The summed E-state index contributed by atoms with van der Waals surface area (Å²) in [5.41, 5.74) is 3.62. The Kier molecular flexibility index (Phi) is 4.60. The van der Waals surface area contributed by atoms with E-state index in [-0.39, 0.29) is 39.5 Å². The first-order valence-corrected chi connectivity index (χ1v) is 8.07. The molecule has 1 aliphatic rings. The smallest absolute Gasteiger partial charge is 0.264 e. The van der Waals surface area contributed by atoms with Gasteiger partial charge in [-0.05, 0) is 29.9 Å². The van der Waals surface area contributed by atoms with Crippen molar-refractivity contribution in [2.45, 2.75) is 12.5 Å². The van der Waals surface area contributed by atoms with Gasteiger partial charge in [0.1, 0.15) is 5.56 Å². The van der Waals surface area contributed by atoms with Crippen molar-refractivity contribution >= 4 is 17.9 Å². The van der Waals surface area contributed by atoms with Gasteiger partial charge in [-0.25, -0.2) is 0 Å². The highest BCUT2D eigenvalue weighted by molar-refractivity contribution is 7.71. The van der Waals surface area contributed by atoms with Crippen LogP contribution < -0.4 is 20.5 Å². The lowest BCUT2D eigenvalue weighted by atomic mass is 9.99. The van der Waals surface area contributed by atoms with E-state index >= 15 is 0 Å². The monoisotopic (exact) mass is 378 g/mol. The zero-order valence-electron chi connectivity index (χ0n) is 14.4. The lowest BCUT2D eigenvalue weighted by Crippen LogP contribution is -2.21. The third-order valence-corrected chi connectivity index (χ3v) is 4.62. The summed E-state index contributed by atoms with van der Waals surface area (Å²) in [6, 6.07) is 3.02. The minimum Gasteiger partial charge on any atom is -0.502 e. The van der Waals surface area contributed by atoms with Gasteiger partial charge in [-0.3, -0.25) is 14.3 Å². The number of rotatable bonds is 4. The number of H-pyrrole nitrogens is 1. The predicted molar refractivity (Wildman–Crippen MR) is 96.8 cm³/mol. The average Bonchev–Trinajstić information content (AvgIpc) is 3.09. The third-order valence-electron chi connectivity index (χ3n) is 4.24. The molecule has 0 saturated heterocycles. The molecule has 1 aromatic carbocycles. The molecule has 1 aromatic heterocycles. The van der Waals surface area contributed by atoms with E-state index in [0.717, 1.165) is 5.56 Å². The van der Waals surface area contributed by atoms with Crippen LogP contribution in [-0.2, 0) is 7.05 Å². The van der Waals surface area contributed by atoms with Crippen molar-refractivity contribution in [3.05, 3.63) is 38.4 Å². The molecule has 1 aliphatic heterocycles. The quantitative estimate of drug-likeness (QED) is 0.592. The van der Waals surface area contributed by atoms with Crippen LogP contribution in [0.3, 0.4) is 0 Å². The number of methoxy groups -OCH3 is 2. The number of ether oxygens (including phenoxy) is 2. The summed E-state index contributed by atoms with van der Waals surface area (Å²) in [5.74, 6) is 0.176. The van der Waals surface area contributed by atoms with E-state index in [1.54, 1.807) is 19.2 Å². The van der Waals surface area contributed by atoms with Gasteiger partial charge < -0.3 is 25.1 Å². The average molecular weight is 378 g/mol. The Hall–Kier alpha value is -3.01. The number of benzene rings is 1. The first-order chi connectivity index (χ1) is 12.4. The normalized spacial score (nSPS) is 16.1. The molecule has 0 aliphatic carbocycles. The summed E-state index contributed by atoms with van der Waals surface area (Å²) in [6.45, 7) is 0. The van der Waals surface area contributed by atoms with E-state index < -0.39 is 5.56 Å². The highest BCUT2D eigenvalue weighted by atomic mass is 32.1. The van der Waals surface area contributed by atoms with Crippen LogP contribution in [-0.4, -0.2) is 39.7 Å². The Morgan fingerprint density at radius 3 is 2.46 bits per heavy atom. The molecular formula is C16H18N4O5S. The van der Waals surface area contributed by atoms with E-state index in [1.807, 2.05) is 0 Å². The molecule has 26 heavy (non-hydrogen) atoms. The number of nitrogens with zero attached hydrogens (tertiary/aromatic N) is 2. The van der Waals surface area contributed by atoms with E-state index in [2.05, 4.69) is 15.5 Å². The van der Waals surface area contributed by atoms with Crippen LogP contribution in [0.4, 0.5) is 0 Å². The SMILES string of the molecule is COc1cc([C@H]2CC(c3c(O)n(C)c(=S)[nH]c3=O)=NN2)cc(OC)c1O. The van der Waals surface area contributed by atoms with Crippen LogP contribution >= 0.6 is 12.2 Å². The van der Waals surface area contributed by atoms with Gasteiger partial charge in [-0.1, -0.05) is 0 Å². The molecule has 3 rings (SSSR count). The van der Waals surface area contributed by atoms with Crippen molar-refractivity contribution in [2.24, 2.45) is 12.1 Å². The molecule has 2 heterocycles. The van der Waals surface area contributed by atoms with Crippen molar-refractivity contribution in [1.29, 1.82) is 0 Å². The number of hydrazone groups is 1. The molecule has 0 bridgehead atoms. The second kappa shape index (κ2) is 6.71. The number of aromatic nitrogens is 2. The molecular weight excluding hydrogens is 360 g/mol. The Morgan fingerprint density at radius 1 is 1.27 bits per heavy atom. The number of phenolic OH excluding ortho intramolecular Hbond substituents is 1. The molecule has 10 heteroatoms. The summed E-state index contributed by atoms with van der Waals surface area (Å²) in [7, 11) is 4.43. The van der Waals surface area contributed by atoms with Gasteiger partial charge in [-0.2, -0.15) is 5.10 Å². The fourth-order valence-electron chi connectivity index (χ4n) is 2.77. The lowest BCUT2D eigenvalue weighted by molar-refractivity contribution is 0.338. The molecule has 9 nitrogen and oxygen atoms in total. The number of hydrogen-bond donors (Lipinski definition) is 4. The molecule has 0 unspecified atom stereocenters. The standard InChI is InChI=1S/C16H18N4O5S/c1-20-15(23)12(14(22)17-16(20)26)9-6-8(18-19-9)7-4-10(24-2)13(21)11(5-7)25-3/h4-5,8,18,21,23H,6H2,1-3H3,(H,17,22,26)/t8-/m1/s1. The number of phenols is 1. The maximum atomic E-state index is 12.2. The van der Waals surface area contributed by atoms with Crippen molar-refractivity contribution < 1.29 is 19.7 Å². The zero-order chi connectivity index (χ0) is 19.0. The summed E-state index contributed by atoms with van der Waals surface area (Å²) < 4.78 is 11.7. The van der Waals surface area contributed by atoms with Gasteiger partial charge in [0.15, 0.2) is 16.3 Å². The summed E-state index contributed by atoms with van der Waals surface area (Å²) >= 11 is 4.97. The van der Waals surface area contributed by atoms with Crippen molar-refractivity contribution in [3.8, 4) is 23.1 Å². The van der Waals surface area contributed by atoms with E-state index in [0.29, 0.717) is 12.1 Å². The molecule has 0 spiro atoms. The van der Waals surface area contributed by atoms with Crippen LogP contribution in [0.15, 0.2) is 22.0 Å². The van der Waals surface area contributed by atoms with Crippen LogP contribution in [0.2, 0.25) is 0 Å². The summed E-state index contributed by atoms with van der Waals surface area (Å²) in [4.78, 5) is 14.7. The molecule has 0 saturated carbocycles. The van der Waals surface area contributed by atoms with Crippen LogP contribution in [0.1, 0.15) is 23.6 Å². The molecule has 0 fully saturated rings. The molecule has 0 amide bonds. The van der Waals surface area contributed by atoms with Crippen molar-refractivity contribution in [2.75, 3.05) is 14.2 Å². The van der Waals surface area contributed by atoms with Crippen LogP contribution in [0, 0.1) is 4.77 Å². The minimum absolute atomic E-state index is 0.0637. The maximum absolute atomic E-state index is 12.2. The summed E-state index contributed by atoms with van der Waals surface area (Å²) in [6.07, 6.45) is 0.338. The lowest BCUT2D eigenvalue weighted by Gasteiger charge is -2.15.